The Morgan fingerprint density at radius 2 is 2.08 bits per heavy atom. The third-order valence-corrected chi connectivity index (χ3v) is 3.56. The van der Waals surface area contributed by atoms with Crippen molar-refractivity contribution in [2.45, 2.75) is 6.92 Å². The highest BCUT2D eigenvalue weighted by molar-refractivity contribution is 7.80. The molecule has 0 bridgehead atoms. The second-order valence-corrected chi connectivity index (χ2v) is 5.61. The molecule has 0 radical (unpaired) electrons. The second kappa shape index (κ2) is 8.41. The number of nitrogens with one attached hydrogen (secondary N) is 2. The van der Waals surface area contributed by atoms with Crippen molar-refractivity contribution in [2.24, 2.45) is 0 Å². The Hall–Kier alpha value is -2.71. The fraction of sp³-hybridized carbons (Fsp3) is 0.125. The van der Waals surface area contributed by atoms with Crippen molar-refractivity contribution in [1.29, 1.82) is 0 Å². The van der Waals surface area contributed by atoms with Crippen LogP contribution in [0.2, 0.25) is 5.02 Å². The van der Waals surface area contributed by atoms with Gasteiger partial charge in [0.05, 0.1) is 11.5 Å². The third-order valence-electron chi connectivity index (χ3n) is 3.03. The molecule has 0 aliphatic carbocycles. The van der Waals surface area contributed by atoms with Crippen LogP contribution in [0.25, 0.3) is 0 Å². The average Bonchev–Trinajstić information content (AvgIpc) is 2.57. The molecule has 2 aromatic rings. The van der Waals surface area contributed by atoms with Gasteiger partial charge in [-0.15, -0.1) is 0 Å². The molecule has 1 amide bonds. The maximum absolute atomic E-state index is 12.2. The van der Waals surface area contributed by atoms with Gasteiger partial charge in [-0.05, 0) is 49.5 Å². The predicted molar refractivity (Wildman–Crippen MR) is 99.4 cm³/mol. The highest BCUT2D eigenvalue weighted by Crippen LogP contribution is 2.27. The summed E-state index contributed by atoms with van der Waals surface area (Å²) >= 11 is 10.8. The van der Waals surface area contributed by atoms with Gasteiger partial charge in [0.15, 0.2) is 5.11 Å². The van der Waals surface area contributed by atoms with Crippen molar-refractivity contribution in [3.63, 3.8) is 0 Å². The van der Waals surface area contributed by atoms with E-state index in [-0.39, 0.29) is 15.8 Å². The normalized spacial score (nSPS) is 10.0. The van der Waals surface area contributed by atoms with Gasteiger partial charge in [-0.1, -0.05) is 17.7 Å². The summed E-state index contributed by atoms with van der Waals surface area (Å²) in [6.45, 7) is 2.33. The van der Waals surface area contributed by atoms with Gasteiger partial charge in [-0.2, -0.15) is 0 Å². The number of carbonyl (C=O) groups excluding carboxylic acids is 1. The maximum Gasteiger partial charge on any atom is 0.289 e. The van der Waals surface area contributed by atoms with Gasteiger partial charge in [0.25, 0.3) is 11.6 Å². The van der Waals surface area contributed by atoms with Crippen LogP contribution < -0.4 is 15.4 Å². The zero-order valence-corrected chi connectivity index (χ0v) is 14.7. The Kier molecular flexibility index (Phi) is 6.26. The quantitative estimate of drug-likeness (QED) is 0.466. The van der Waals surface area contributed by atoms with Gasteiger partial charge in [0, 0.05) is 17.3 Å². The van der Waals surface area contributed by atoms with Gasteiger partial charge in [0.1, 0.15) is 10.8 Å². The number of amides is 1. The van der Waals surface area contributed by atoms with Crippen LogP contribution in [0.4, 0.5) is 11.4 Å². The molecule has 25 heavy (non-hydrogen) atoms. The molecule has 2 rings (SSSR count). The molecule has 0 aliphatic rings. The molecule has 0 saturated heterocycles. The summed E-state index contributed by atoms with van der Waals surface area (Å²) in [4.78, 5) is 22.5. The number of nitro groups is 1. The van der Waals surface area contributed by atoms with Gasteiger partial charge in [0.2, 0.25) is 0 Å². The number of hydrogen-bond donors (Lipinski definition) is 2. The molecule has 0 fully saturated rings. The van der Waals surface area contributed by atoms with Crippen LogP contribution in [0.3, 0.4) is 0 Å². The second-order valence-electron chi connectivity index (χ2n) is 4.79. The summed E-state index contributed by atoms with van der Waals surface area (Å²) in [5.41, 5.74) is 0.451. The Morgan fingerprint density at radius 3 is 2.76 bits per heavy atom. The Labute approximate surface area is 154 Å². The Bertz CT molecular complexity index is 829. The van der Waals surface area contributed by atoms with Crippen LogP contribution in [0.15, 0.2) is 42.5 Å². The van der Waals surface area contributed by atoms with Crippen LogP contribution in [-0.2, 0) is 0 Å². The summed E-state index contributed by atoms with van der Waals surface area (Å²) in [6, 6.07) is 10.8. The number of anilines is 1. The number of benzene rings is 2. The lowest BCUT2D eigenvalue weighted by Crippen LogP contribution is -2.34. The fourth-order valence-electron chi connectivity index (χ4n) is 1.96. The molecule has 0 atom stereocenters. The standard InChI is InChI=1S/C16H14ClN3O4S/c1-2-24-12-5-3-4-10(8-12)15(21)19-16(25)18-11-6-7-13(17)14(9-11)20(22)23/h3-9H,2H2,1H3,(H2,18,19,21,25). The number of carbonyl (C=O) groups is 1. The van der Waals surface area contributed by atoms with Gasteiger partial charge >= 0.3 is 0 Å². The van der Waals surface area contributed by atoms with E-state index in [0.717, 1.165) is 0 Å². The zero-order valence-electron chi connectivity index (χ0n) is 13.1. The molecular weight excluding hydrogens is 366 g/mol. The minimum atomic E-state index is -0.603. The number of hydrogen-bond acceptors (Lipinski definition) is 5. The van der Waals surface area contributed by atoms with E-state index in [0.29, 0.717) is 23.6 Å². The topological polar surface area (TPSA) is 93.5 Å². The molecule has 0 spiro atoms. The number of thiocarbonyl (C=S) groups is 1. The minimum absolute atomic E-state index is 0.00318. The van der Waals surface area contributed by atoms with Crippen LogP contribution in [0.5, 0.6) is 5.75 Å². The van der Waals surface area contributed by atoms with Crippen molar-refractivity contribution in [1.82, 2.24) is 5.32 Å². The van der Waals surface area contributed by atoms with E-state index in [1.165, 1.54) is 18.2 Å². The first kappa shape index (κ1) is 18.6. The lowest BCUT2D eigenvalue weighted by molar-refractivity contribution is -0.384. The van der Waals surface area contributed by atoms with Crippen LogP contribution in [0, 0.1) is 10.1 Å². The number of halogens is 1. The van der Waals surface area contributed by atoms with Crippen LogP contribution >= 0.6 is 23.8 Å². The van der Waals surface area contributed by atoms with Crippen molar-refractivity contribution in [2.75, 3.05) is 11.9 Å². The lowest BCUT2D eigenvalue weighted by atomic mass is 10.2. The first-order chi connectivity index (χ1) is 11.9. The third kappa shape index (κ3) is 5.13. The van der Waals surface area contributed by atoms with Crippen LogP contribution in [0.1, 0.15) is 17.3 Å². The summed E-state index contributed by atoms with van der Waals surface area (Å²) in [7, 11) is 0. The van der Waals surface area contributed by atoms with Crippen LogP contribution in [-0.4, -0.2) is 22.5 Å². The first-order valence-corrected chi connectivity index (χ1v) is 7.98. The molecule has 2 aromatic carbocycles. The van der Waals surface area contributed by atoms with Gasteiger partial charge in [-0.3, -0.25) is 20.2 Å². The number of nitro benzene ring substituents is 1. The van der Waals surface area contributed by atoms with E-state index in [2.05, 4.69) is 10.6 Å². The molecular formula is C16H14ClN3O4S. The minimum Gasteiger partial charge on any atom is -0.494 e. The van der Waals surface area contributed by atoms with Crippen molar-refractivity contribution < 1.29 is 14.5 Å². The van der Waals surface area contributed by atoms with Gasteiger partial charge in [-0.25, -0.2) is 0 Å². The Balaban J connectivity index is 2.05. The van der Waals surface area contributed by atoms with Crippen molar-refractivity contribution in [3.05, 3.63) is 63.2 Å². The number of ether oxygens (including phenoxy) is 1. The number of rotatable bonds is 5. The molecule has 7 nitrogen and oxygen atoms in total. The van der Waals surface area contributed by atoms with E-state index < -0.39 is 10.8 Å². The smallest absolute Gasteiger partial charge is 0.289 e. The summed E-state index contributed by atoms with van der Waals surface area (Å²) in [6.07, 6.45) is 0. The van der Waals surface area contributed by atoms with Crippen molar-refractivity contribution in [3.8, 4) is 5.75 Å². The molecule has 0 saturated carbocycles. The molecule has 0 aromatic heterocycles. The fourth-order valence-corrected chi connectivity index (χ4v) is 2.36. The highest BCUT2D eigenvalue weighted by atomic mass is 35.5. The zero-order chi connectivity index (χ0) is 18.4. The predicted octanol–water partition coefficient (Wildman–Crippen LogP) is 3.77. The van der Waals surface area contributed by atoms with Crippen molar-refractivity contribution >= 4 is 46.2 Å². The van der Waals surface area contributed by atoms with E-state index in [1.807, 2.05) is 6.92 Å². The SMILES string of the molecule is CCOc1cccc(C(=O)NC(=S)Nc2ccc(Cl)c([N+](=O)[O-])c2)c1. The molecule has 0 heterocycles. The molecule has 2 N–H and O–H groups in total. The monoisotopic (exact) mass is 379 g/mol. The molecule has 9 heteroatoms. The van der Waals surface area contributed by atoms with E-state index in [4.69, 9.17) is 28.6 Å². The largest absolute Gasteiger partial charge is 0.494 e. The van der Waals surface area contributed by atoms with E-state index in [9.17, 15) is 14.9 Å². The maximum atomic E-state index is 12.2. The summed E-state index contributed by atoms with van der Waals surface area (Å²) < 4.78 is 5.34. The van der Waals surface area contributed by atoms with E-state index >= 15 is 0 Å². The molecule has 0 aliphatic heterocycles. The highest BCUT2D eigenvalue weighted by Gasteiger charge is 2.14. The summed E-state index contributed by atoms with van der Waals surface area (Å²) in [5, 5.41) is 16.1. The molecule has 130 valence electrons. The lowest BCUT2D eigenvalue weighted by Gasteiger charge is -2.10. The average molecular weight is 380 g/mol. The van der Waals surface area contributed by atoms with Gasteiger partial charge < -0.3 is 10.1 Å². The van der Waals surface area contributed by atoms with E-state index in [1.54, 1.807) is 24.3 Å². The first-order valence-electron chi connectivity index (χ1n) is 7.20. The molecule has 0 unspecified atom stereocenters. The number of nitrogens with zero attached hydrogens (tertiary/aromatic N) is 1. The Morgan fingerprint density at radius 1 is 1.32 bits per heavy atom. The summed E-state index contributed by atoms with van der Waals surface area (Å²) in [5.74, 6) is 0.143.